The molecule has 0 saturated carbocycles. The van der Waals surface area contributed by atoms with Gasteiger partial charge in [0.15, 0.2) is 0 Å². The van der Waals surface area contributed by atoms with E-state index in [0.717, 1.165) is 29.5 Å². The Morgan fingerprint density at radius 2 is 2.19 bits per heavy atom. The molecule has 4 rings (SSSR count). The Morgan fingerprint density at radius 1 is 1.37 bits per heavy atom. The van der Waals surface area contributed by atoms with E-state index in [-0.39, 0.29) is 18.2 Å². The Bertz CT molecular complexity index is 849. The third kappa shape index (κ3) is 3.58. The molecule has 1 fully saturated rings. The van der Waals surface area contributed by atoms with Crippen LogP contribution < -0.4 is 5.73 Å². The van der Waals surface area contributed by atoms with Gasteiger partial charge in [-0.1, -0.05) is 0 Å². The van der Waals surface area contributed by atoms with Crippen LogP contribution in [0.3, 0.4) is 0 Å². The average Bonchev–Trinajstić information content (AvgIpc) is 3.15. The molecule has 1 aromatic carbocycles. The predicted molar refractivity (Wildman–Crippen MR) is 90.5 cm³/mol. The van der Waals surface area contributed by atoms with Gasteiger partial charge in [0.25, 0.3) is 0 Å². The molecule has 2 aromatic rings. The Kier molecular flexibility index (Phi) is 4.67. The quantitative estimate of drug-likeness (QED) is 0.836. The molecule has 9 heteroatoms. The highest BCUT2D eigenvalue weighted by Crippen LogP contribution is 2.33. The van der Waals surface area contributed by atoms with Gasteiger partial charge in [-0.2, -0.15) is 5.10 Å². The van der Waals surface area contributed by atoms with Gasteiger partial charge in [0.2, 0.25) is 0 Å². The molecule has 0 bridgehead atoms. The standard InChI is InChI=1S/C18H20F2N4O3/c19-11-1-2-14(20)13(3-11)18-15(21)4-12(9-27-18)23-5-10-6-24(8-17(25)26)22-16(10)7-23/h1-3,6,12,15,18H,4-5,7-9,21H2,(H,25,26). The third-order valence-electron chi connectivity index (χ3n) is 5.13. The molecule has 27 heavy (non-hydrogen) atoms. The number of rotatable bonds is 4. The van der Waals surface area contributed by atoms with Gasteiger partial charge in [-0.15, -0.1) is 0 Å². The second-order valence-corrected chi connectivity index (χ2v) is 7.07. The number of carbonyl (C=O) groups is 1. The molecule has 7 nitrogen and oxygen atoms in total. The summed E-state index contributed by atoms with van der Waals surface area (Å²) in [4.78, 5) is 13.0. The summed E-state index contributed by atoms with van der Waals surface area (Å²) in [5.74, 6) is -1.98. The molecule has 2 aliphatic heterocycles. The monoisotopic (exact) mass is 378 g/mol. The van der Waals surface area contributed by atoms with Gasteiger partial charge in [-0.05, 0) is 24.6 Å². The van der Waals surface area contributed by atoms with Gasteiger partial charge in [0.1, 0.15) is 24.3 Å². The first-order valence-corrected chi connectivity index (χ1v) is 8.74. The van der Waals surface area contributed by atoms with Crippen LogP contribution in [-0.2, 0) is 29.2 Å². The van der Waals surface area contributed by atoms with E-state index < -0.39 is 29.7 Å². The fourth-order valence-electron chi connectivity index (χ4n) is 3.86. The summed E-state index contributed by atoms with van der Waals surface area (Å²) in [6.45, 7) is 1.41. The maximum absolute atomic E-state index is 14.0. The lowest BCUT2D eigenvalue weighted by atomic mass is 9.93. The number of nitrogens with two attached hydrogens (primary N) is 1. The molecule has 0 amide bonds. The van der Waals surface area contributed by atoms with Crippen LogP contribution in [0.5, 0.6) is 0 Å². The third-order valence-corrected chi connectivity index (χ3v) is 5.13. The molecule has 1 saturated heterocycles. The van der Waals surface area contributed by atoms with E-state index in [9.17, 15) is 13.6 Å². The number of ether oxygens (including phenoxy) is 1. The van der Waals surface area contributed by atoms with Gasteiger partial charge in [0.05, 0.1) is 12.3 Å². The van der Waals surface area contributed by atoms with E-state index >= 15 is 0 Å². The van der Waals surface area contributed by atoms with Crippen LogP contribution in [0.2, 0.25) is 0 Å². The molecule has 3 atom stereocenters. The van der Waals surface area contributed by atoms with E-state index in [1.54, 1.807) is 6.20 Å². The second-order valence-electron chi connectivity index (χ2n) is 7.07. The first-order valence-electron chi connectivity index (χ1n) is 8.74. The van der Waals surface area contributed by atoms with Gasteiger partial charge >= 0.3 is 5.97 Å². The van der Waals surface area contributed by atoms with Crippen molar-refractivity contribution < 1.29 is 23.4 Å². The van der Waals surface area contributed by atoms with Crippen LogP contribution >= 0.6 is 0 Å². The van der Waals surface area contributed by atoms with Crippen LogP contribution in [0.4, 0.5) is 8.78 Å². The zero-order valence-electron chi connectivity index (χ0n) is 14.5. The summed E-state index contributed by atoms with van der Waals surface area (Å²) in [5.41, 5.74) is 8.21. The summed E-state index contributed by atoms with van der Waals surface area (Å²) >= 11 is 0. The highest BCUT2D eigenvalue weighted by molar-refractivity contribution is 5.66. The van der Waals surface area contributed by atoms with Gasteiger partial charge in [0, 0.05) is 42.5 Å². The second kappa shape index (κ2) is 6.99. The van der Waals surface area contributed by atoms with Crippen molar-refractivity contribution >= 4 is 5.97 Å². The number of hydrogen-bond acceptors (Lipinski definition) is 5. The van der Waals surface area contributed by atoms with Gasteiger partial charge in [-0.25, -0.2) is 8.78 Å². The summed E-state index contributed by atoms with van der Waals surface area (Å²) in [6.07, 6.45) is 1.65. The number of carboxylic acid groups (broad SMARTS) is 1. The summed E-state index contributed by atoms with van der Waals surface area (Å²) in [7, 11) is 0. The molecule has 1 aromatic heterocycles. The molecule has 3 heterocycles. The van der Waals surface area contributed by atoms with Crippen molar-refractivity contribution in [2.24, 2.45) is 5.73 Å². The molecular weight excluding hydrogens is 358 g/mol. The lowest BCUT2D eigenvalue weighted by molar-refractivity contribution is -0.137. The Hall–Kier alpha value is -2.36. The lowest BCUT2D eigenvalue weighted by Crippen LogP contribution is -2.47. The SMILES string of the molecule is NC1CC(N2Cc3cn(CC(=O)O)nc3C2)COC1c1cc(F)ccc1F. The maximum atomic E-state index is 14.0. The number of fused-ring (bicyclic) bond motifs is 1. The fraction of sp³-hybridized carbons (Fsp3) is 0.444. The van der Waals surface area contributed by atoms with Crippen molar-refractivity contribution in [3.8, 4) is 0 Å². The number of halogens is 2. The van der Waals surface area contributed by atoms with Crippen molar-refractivity contribution in [1.29, 1.82) is 0 Å². The first-order chi connectivity index (χ1) is 12.9. The summed E-state index contributed by atoms with van der Waals surface area (Å²) in [5, 5.41) is 13.2. The van der Waals surface area contributed by atoms with Crippen LogP contribution in [0, 0.1) is 11.6 Å². The topological polar surface area (TPSA) is 93.6 Å². The van der Waals surface area contributed by atoms with Crippen molar-refractivity contribution in [3.05, 3.63) is 52.9 Å². The van der Waals surface area contributed by atoms with E-state index in [1.165, 1.54) is 4.68 Å². The zero-order valence-corrected chi connectivity index (χ0v) is 14.5. The smallest absolute Gasteiger partial charge is 0.325 e. The number of hydrogen-bond donors (Lipinski definition) is 2. The highest BCUT2D eigenvalue weighted by Gasteiger charge is 2.37. The summed E-state index contributed by atoms with van der Waals surface area (Å²) < 4.78 is 34.7. The minimum absolute atomic E-state index is 0.0370. The normalized spacial score (nSPS) is 25.5. The number of aliphatic carboxylic acids is 1. The predicted octanol–water partition coefficient (Wildman–Crippen LogP) is 1.42. The Balaban J connectivity index is 1.41. The first kappa shape index (κ1) is 18.0. The van der Waals surface area contributed by atoms with Crippen molar-refractivity contribution in [3.63, 3.8) is 0 Å². The fourth-order valence-corrected chi connectivity index (χ4v) is 3.86. The minimum Gasteiger partial charge on any atom is -0.480 e. The number of benzene rings is 1. The number of aromatic nitrogens is 2. The van der Waals surface area contributed by atoms with Crippen LogP contribution in [0.15, 0.2) is 24.4 Å². The van der Waals surface area contributed by atoms with Crippen LogP contribution in [-0.4, -0.2) is 44.4 Å². The van der Waals surface area contributed by atoms with Gasteiger partial charge < -0.3 is 15.6 Å². The van der Waals surface area contributed by atoms with Gasteiger partial charge in [-0.3, -0.25) is 14.4 Å². The molecule has 2 aliphatic rings. The van der Waals surface area contributed by atoms with Crippen molar-refractivity contribution in [2.75, 3.05) is 6.61 Å². The molecule has 144 valence electrons. The summed E-state index contributed by atoms with van der Waals surface area (Å²) in [6, 6.07) is 2.87. The molecule has 0 aliphatic carbocycles. The Labute approximate surface area is 154 Å². The molecule has 3 N–H and O–H groups in total. The lowest BCUT2D eigenvalue weighted by Gasteiger charge is -2.38. The zero-order chi connectivity index (χ0) is 19.1. The Morgan fingerprint density at radius 3 is 2.89 bits per heavy atom. The van der Waals surface area contributed by atoms with E-state index in [1.807, 2.05) is 0 Å². The number of carboxylic acids is 1. The van der Waals surface area contributed by atoms with Crippen molar-refractivity contribution in [1.82, 2.24) is 14.7 Å². The van der Waals surface area contributed by atoms with E-state index in [4.69, 9.17) is 15.6 Å². The number of nitrogens with zero attached hydrogens (tertiary/aromatic N) is 3. The molecule has 3 unspecified atom stereocenters. The maximum Gasteiger partial charge on any atom is 0.325 e. The van der Waals surface area contributed by atoms with Crippen molar-refractivity contribution in [2.45, 2.75) is 44.2 Å². The van der Waals surface area contributed by atoms with E-state index in [0.29, 0.717) is 26.1 Å². The molecule has 0 spiro atoms. The van der Waals surface area contributed by atoms with E-state index in [2.05, 4.69) is 10.00 Å². The van der Waals surface area contributed by atoms with Crippen LogP contribution in [0.1, 0.15) is 29.3 Å². The highest BCUT2D eigenvalue weighted by atomic mass is 19.1. The van der Waals surface area contributed by atoms with Crippen LogP contribution in [0.25, 0.3) is 0 Å². The molecule has 0 radical (unpaired) electrons. The molecular formula is C18H20F2N4O3. The largest absolute Gasteiger partial charge is 0.480 e. The minimum atomic E-state index is -0.935. The average molecular weight is 378 g/mol.